The number of carbonyl (C=O) groups is 1. The van der Waals surface area contributed by atoms with E-state index in [1.165, 1.54) is 0 Å². The number of ether oxygens (including phenoxy) is 2. The SMILES string of the molecule is COc1ccc(N(C)C(=S)Oc2ccc(C(=O)Nc3ccc4nc5c(nc4c3)CCCC5)cc2)cc1. The van der Waals surface area contributed by atoms with Crippen LogP contribution in [-0.2, 0) is 12.8 Å². The van der Waals surface area contributed by atoms with Crippen LogP contribution in [0.3, 0.4) is 0 Å². The van der Waals surface area contributed by atoms with E-state index in [1.807, 2.05) is 49.5 Å². The molecular weight excluding hydrogens is 472 g/mol. The van der Waals surface area contributed by atoms with Crippen LogP contribution in [0.25, 0.3) is 11.0 Å². The number of thiocarbonyl (C=S) groups is 1. The quantitative estimate of drug-likeness (QED) is 0.361. The molecule has 4 aromatic rings. The van der Waals surface area contributed by atoms with Crippen molar-refractivity contribution in [2.24, 2.45) is 0 Å². The number of nitrogens with zero attached hydrogens (tertiary/aromatic N) is 3. The largest absolute Gasteiger partial charge is 0.497 e. The van der Waals surface area contributed by atoms with E-state index in [0.717, 1.165) is 59.5 Å². The summed E-state index contributed by atoms with van der Waals surface area (Å²) in [5.41, 5.74) is 5.88. The van der Waals surface area contributed by atoms with Gasteiger partial charge in [-0.2, -0.15) is 0 Å². The van der Waals surface area contributed by atoms with Crippen LogP contribution in [0.1, 0.15) is 34.6 Å². The summed E-state index contributed by atoms with van der Waals surface area (Å²) in [6, 6.07) is 20.0. The number of methoxy groups -OCH3 is 1. The lowest BCUT2D eigenvalue weighted by molar-refractivity contribution is 0.102. The molecule has 0 fully saturated rings. The van der Waals surface area contributed by atoms with Crippen molar-refractivity contribution in [3.05, 3.63) is 83.7 Å². The summed E-state index contributed by atoms with van der Waals surface area (Å²) in [5.74, 6) is 1.09. The zero-order chi connectivity index (χ0) is 25.1. The molecule has 36 heavy (non-hydrogen) atoms. The average Bonchev–Trinajstić information content (AvgIpc) is 2.91. The van der Waals surface area contributed by atoms with Crippen molar-refractivity contribution in [2.45, 2.75) is 25.7 Å². The van der Waals surface area contributed by atoms with E-state index in [0.29, 0.717) is 17.0 Å². The van der Waals surface area contributed by atoms with Crippen LogP contribution in [-0.4, -0.2) is 35.2 Å². The molecule has 8 heteroatoms. The molecule has 5 rings (SSSR count). The van der Waals surface area contributed by atoms with E-state index in [2.05, 4.69) is 5.32 Å². The van der Waals surface area contributed by atoms with Gasteiger partial charge in [0, 0.05) is 24.0 Å². The number of aromatic nitrogens is 2. The van der Waals surface area contributed by atoms with Crippen LogP contribution in [0.15, 0.2) is 66.7 Å². The molecule has 0 atom stereocenters. The molecule has 0 aliphatic heterocycles. The number of fused-ring (bicyclic) bond motifs is 2. The predicted octanol–water partition coefficient (Wildman–Crippen LogP) is 5.57. The Morgan fingerprint density at radius 2 is 1.53 bits per heavy atom. The zero-order valence-electron chi connectivity index (χ0n) is 20.2. The molecule has 1 aliphatic carbocycles. The standard InChI is InChI=1S/C28H26N4O3S/c1-32(20-10-14-21(34-2)15-11-20)28(36)35-22-12-7-18(8-13-22)27(33)29-19-9-16-25-26(17-19)31-24-6-4-3-5-23(24)30-25/h7-17H,3-6H2,1-2H3,(H,29,33). The van der Waals surface area contributed by atoms with E-state index in [-0.39, 0.29) is 11.1 Å². The fourth-order valence-corrected chi connectivity index (χ4v) is 4.35. The second kappa shape index (κ2) is 10.3. The molecule has 0 radical (unpaired) electrons. The van der Waals surface area contributed by atoms with Crippen LogP contribution in [0.2, 0.25) is 0 Å². The molecular formula is C28H26N4O3S. The van der Waals surface area contributed by atoms with Gasteiger partial charge >= 0.3 is 0 Å². The molecule has 0 spiro atoms. The third-order valence-electron chi connectivity index (χ3n) is 6.21. The van der Waals surface area contributed by atoms with E-state index >= 15 is 0 Å². The Hall–Kier alpha value is -4.04. The first-order valence-corrected chi connectivity index (χ1v) is 12.2. The first-order chi connectivity index (χ1) is 17.5. The van der Waals surface area contributed by atoms with Gasteiger partial charge in [0.1, 0.15) is 11.5 Å². The van der Waals surface area contributed by atoms with Crippen LogP contribution < -0.4 is 19.7 Å². The Bertz CT molecular complexity index is 1420. The Morgan fingerprint density at radius 1 is 0.889 bits per heavy atom. The summed E-state index contributed by atoms with van der Waals surface area (Å²) in [7, 11) is 3.45. The second-order valence-electron chi connectivity index (χ2n) is 8.63. The summed E-state index contributed by atoms with van der Waals surface area (Å²) in [5, 5.41) is 3.24. The highest BCUT2D eigenvalue weighted by Gasteiger charge is 2.15. The first kappa shape index (κ1) is 23.7. The average molecular weight is 499 g/mol. The zero-order valence-corrected chi connectivity index (χ0v) is 21.0. The lowest BCUT2D eigenvalue weighted by Crippen LogP contribution is -2.29. The van der Waals surface area contributed by atoms with Gasteiger partial charge in [-0.25, -0.2) is 9.97 Å². The molecule has 182 valence electrons. The molecule has 3 aromatic carbocycles. The topological polar surface area (TPSA) is 76.6 Å². The minimum atomic E-state index is -0.218. The molecule has 0 saturated carbocycles. The Morgan fingerprint density at radius 3 is 2.19 bits per heavy atom. The highest BCUT2D eigenvalue weighted by molar-refractivity contribution is 7.80. The van der Waals surface area contributed by atoms with Crippen molar-refractivity contribution in [1.82, 2.24) is 9.97 Å². The van der Waals surface area contributed by atoms with Crippen LogP contribution in [0.5, 0.6) is 11.5 Å². The van der Waals surface area contributed by atoms with Gasteiger partial charge in [0.05, 0.1) is 29.5 Å². The summed E-state index contributed by atoms with van der Waals surface area (Å²) in [6.45, 7) is 0. The summed E-state index contributed by atoms with van der Waals surface area (Å²) in [4.78, 5) is 24.1. The normalized spacial score (nSPS) is 12.5. The van der Waals surface area contributed by atoms with Gasteiger partial charge in [0.25, 0.3) is 11.1 Å². The maximum absolute atomic E-state index is 12.8. The minimum Gasteiger partial charge on any atom is -0.497 e. The van der Waals surface area contributed by atoms with E-state index < -0.39 is 0 Å². The molecule has 0 bridgehead atoms. The van der Waals surface area contributed by atoms with E-state index in [4.69, 9.17) is 31.7 Å². The molecule has 1 N–H and O–H groups in total. The van der Waals surface area contributed by atoms with Crippen LogP contribution in [0, 0.1) is 0 Å². The molecule has 1 heterocycles. The third kappa shape index (κ3) is 5.13. The number of anilines is 2. The van der Waals surface area contributed by atoms with Crippen molar-refractivity contribution < 1.29 is 14.3 Å². The number of aryl methyl sites for hydroxylation is 2. The maximum atomic E-state index is 12.8. The summed E-state index contributed by atoms with van der Waals surface area (Å²) >= 11 is 5.43. The number of hydrogen-bond donors (Lipinski definition) is 1. The van der Waals surface area contributed by atoms with Gasteiger partial charge in [-0.15, -0.1) is 0 Å². The number of benzene rings is 3. The fourth-order valence-electron chi connectivity index (χ4n) is 4.15. The monoisotopic (exact) mass is 498 g/mol. The molecule has 1 aliphatic rings. The number of amides is 1. The lowest BCUT2D eigenvalue weighted by Gasteiger charge is -2.20. The van der Waals surface area contributed by atoms with Gasteiger partial charge in [-0.3, -0.25) is 4.79 Å². The molecule has 0 saturated heterocycles. The number of hydrogen-bond acceptors (Lipinski definition) is 6. The number of nitrogens with one attached hydrogen (secondary N) is 1. The lowest BCUT2D eigenvalue weighted by atomic mass is 10.0. The van der Waals surface area contributed by atoms with Crippen molar-refractivity contribution in [1.29, 1.82) is 0 Å². The first-order valence-electron chi connectivity index (χ1n) is 11.8. The smallest absolute Gasteiger partial charge is 0.269 e. The highest BCUT2D eigenvalue weighted by atomic mass is 32.1. The van der Waals surface area contributed by atoms with E-state index in [9.17, 15) is 4.79 Å². The fraction of sp³-hybridized carbons (Fsp3) is 0.214. The van der Waals surface area contributed by atoms with Crippen LogP contribution >= 0.6 is 12.2 Å². The van der Waals surface area contributed by atoms with Crippen molar-refractivity contribution in [3.8, 4) is 11.5 Å². The third-order valence-corrected chi connectivity index (χ3v) is 6.57. The molecule has 7 nitrogen and oxygen atoms in total. The van der Waals surface area contributed by atoms with Crippen molar-refractivity contribution in [2.75, 3.05) is 24.4 Å². The van der Waals surface area contributed by atoms with Crippen molar-refractivity contribution >= 4 is 45.7 Å². The molecule has 1 aromatic heterocycles. The van der Waals surface area contributed by atoms with Gasteiger partial charge < -0.3 is 19.7 Å². The second-order valence-corrected chi connectivity index (χ2v) is 8.98. The van der Waals surface area contributed by atoms with Crippen LogP contribution in [0.4, 0.5) is 11.4 Å². The maximum Gasteiger partial charge on any atom is 0.269 e. The Labute approximate surface area is 215 Å². The highest BCUT2D eigenvalue weighted by Crippen LogP contribution is 2.24. The van der Waals surface area contributed by atoms with Gasteiger partial charge in [-0.05, 0) is 105 Å². The predicted molar refractivity (Wildman–Crippen MR) is 145 cm³/mol. The van der Waals surface area contributed by atoms with Gasteiger partial charge in [-0.1, -0.05) is 0 Å². The Kier molecular flexibility index (Phi) is 6.77. The van der Waals surface area contributed by atoms with Gasteiger partial charge in [0.2, 0.25) is 0 Å². The van der Waals surface area contributed by atoms with Crippen molar-refractivity contribution in [3.63, 3.8) is 0 Å². The summed E-state index contributed by atoms with van der Waals surface area (Å²) < 4.78 is 11.0. The molecule has 0 unspecified atom stereocenters. The minimum absolute atomic E-state index is 0.218. The Balaban J connectivity index is 1.23. The van der Waals surface area contributed by atoms with Gasteiger partial charge in [0.15, 0.2) is 0 Å². The molecule has 1 amide bonds. The summed E-state index contributed by atoms with van der Waals surface area (Å²) in [6.07, 6.45) is 4.25. The van der Waals surface area contributed by atoms with E-state index in [1.54, 1.807) is 36.3 Å². The number of carbonyl (C=O) groups excluding carboxylic acids is 1. The number of rotatable bonds is 5.